The van der Waals surface area contributed by atoms with E-state index in [2.05, 4.69) is 0 Å². The predicted octanol–water partition coefficient (Wildman–Crippen LogP) is 3.02. The summed E-state index contributed by atoms with van der Waals surface area (Å²) in [5, 5.41) is 9.69. The van der Waals surface area contributed by atoms with Gasteiger partial charge >= 0.3 is 6.18 Å². The Balaban J connectivity index is 2.43. The van der Waals surface area contributed by atoms with Gasteiger partial charge in [-0.1, -0.05) is 11.6 Å². The third-order valence-corrected chi connectivity index (χ3v) is 4.04. The molecule has 112 valence electrons. The number of aromatic hydroxyl groups is 1. The number of halogens is 4. The van der Waals surface area contributed by atoms with Gasteiger partial charge < -0.3 is 10.8 Å². The van der Waals surface area contributed by atoms with Gasteiger partial charge in [-0.05, 0) is 38.1 Å². The molecular formula is C13H16ClF3N2O. The lowest BCUT2D eigenvalue weighted by Gasteiger charge is -2.22. The molecular weight excluding hydrogens is 293 g/mol. The highest BCUT2D eigenvalue weighted by molar-refractivity contribution is 6.32. The van der Waals surface area contributed by atoms with Crippen molar-refractivity contribution in [2.45, 2.75) is 18.6 Å². The van der Waals surface area contributed by atoms with E-state index in [1.165, 1.54) is 0 Å². The molecule has 3 N–H and O–H groups in total. The Bertz CT molecular complexity index is 507. The standard InChI is InChI=1S/C13H16ClF3N2O/c1-19-6-7(5-18)2-11(19)9-3-8(13(15,16)17)4-10(14)12(9)20/h3-4,7,11,20H,2,5-6,18H2,1H3. The molecule has 0 amide bonds. The van der Waals surface area contributed by atoms with Gasteiger partial charge in [-0.25, -0.2) is 0 Å². The Morgan fingerprint density at radius 3 is 2.60 bits per heavy atom. The van der Waals surface area contributed by atoms with Crippen molar-refractivity contribution in [1.82, 2.24) is 4.90 Å². The lowest BCUT2D eigenvalue weighted by molar-refractivity contribution is -0.137. The molecule has 0 aromatic heterocycles. The van der Waals surface area contributed by atoms with Crippen LogP contribution in [0, 0.1) is 5.92 Å². The van der Waals surface area contributed by atoms with E-state index in [0.29, 0.717) is 19.5 Å². The van der Waals surface area contributed by atoms with Gasteiger partial charge in [0.25, 0.3) is 0 Å². The number of hydrogen-bond acceptors (Lipinski definition) is 3. The Kier molecular flexibility index (Phi) is 4.18. The molecule has 1 aromatic rings. The SMILES string of the molecule is CN1CC(CN)CC1c1cc(C(F)(F)F)cc(Cl)c1O. The van der Waals surface area contributed by atoms with Crippen LogP contribution >= 0.6 is 11.6 Å². The number of phenolic OH excluding ortho intramolecular Hbond substituents is 1. The first-order valence-electron chi connectivity index (χ1n) is 6.24. The molecule has 3 nitrogen and oxygen atoms in total. The third kappa shape index (κ3) is 2.87. The minimum atomic E-state index is -4.49. The van der Waals surface area contributed by atoms with Crippen molar-refractivity contribution in [3.05, 3.63) is 28.3 Å². The first kappa shape index (κ1) is 15.4. The Labute approximate surface area is 120 Å². The van der Waals surface area contributed by atoms with Gasteiger partial charge in [0.1, 0.15) is 5.75 Å². The number of nitrogens with zero attached hydrogens (tertiary/aromatic N) is 1. The summed E-state index contributed by atoms with van der Waals surface area (Å²) in [7, 11) is 1.80. The molecule has 0 saturated carbocycles. The second-order valence-corrected chi connectivity index (χ2v) is 5.59. The third-order valence-electron chi connectivity index (χ3n) is 3.75. The van der Waals surface area contributed by atoms with Crippen molar-refractivity contribution >= 4 is 11.6 Å². The summed E-state index contributed by atoms with van der Waals surface area (Å²) in [6, 6.07) is 1.42. The van der Waals surface area contributed by atoms with Crippen molar-refractivity contribution in [3.8, 4) is 5.75 Å². The summed E-state index contributed by atoms with van der Waals surface area (Å²) >= 11 is 5.73. The number of phenols is 1. The number of hydrogen-bond donors (Lipinski definition) is 2. The van der Waals surface area contributed by atoms with Gasteiger partial charge in [0.05, 0.1) is 10.6 Å². The molecule has 2 atom stereocenters. The molecule has 1 aliphatic rings. The van der Waals surface area contributed by atoms with E-state index in [9.17, 15) is 18.3 Å². The quantitative estimate of drug-likeness (QED) is 0.883. The van der Waals surface area contributed by atoms with E-state index >= 15 is 0 Å². The van der Waals surface area contributed by atoms with Crippen LogP contribution < -0.4 is 5.73 Å². The number of alkyl halides is 3. The van der Waals surface area contributed by atoms with E-state index < -0.39 is 11.7 Å². The average Bonchev–Trinajstić information content (AvgIpc) is 2.72. The van der Waals surface area contributed by atoms with Crippen molar-refractivity contribution in [1.29, 1.82) is 0 Å². The zero-order valence-electron chi connectivity index (χ0n) is 10.9. The fraction of sp³-hybridized carbons (Fsp3) is 0.538. The molecule has 1 saturated heterocycles. The van der Waals surface area contributed by atoms with Crippen molar-refractivity contribution < 1.29 is 18.3 Å². The smallest absolute Gasteiger partial charge is 0.416 e. The maximum atomic E-state index is 12.8. The number of likely N-dealkylation sites (tertiary alicyclic amines) is 1. The van der Waals surface area contributed by atoms with Gasteiger partial charge in [0.2, 0.25) is 0 Å². The molecule has 20 heavy (non-hydrogen) atoms. The molecule has 7 heteroatoms. The fourth-order valence-corrected chi connectivity index (χ4v) is 2.90. The average molecular weight is 309 g/mol. The molecule has 2 unspecified atom stereocenters. The van der Waals surface area contributed by atoms with Crippen molar-refractivity contribution in [3.63, 3.8) is 0 Å². The molecule has 1 aromatic carbocycles. The first-order chi connectivity index (χ1) is 9.24. The zero-order chi connectivity index (χ0) is 15.1. The van der Waals surface area contributed by atoms with Crippen LogP contribution in [0.5, 0.6) is 5.75 Å². The summed E-state index contributed by atoms with van der Waals surface area (Å²) in [5.41, 5.74) is 4.97. The zero-order valence-corrected chi connectivity index (χ0v) is 11.7. The number of rotatable bonds is 2. The van der Waals surface area contributed by atoms with Gasteiger partial charge in [-0.2, -0.15) is 13.2 Å². The highest BCUT2D eigenvalue weighted by Gasteiger charge is 2.36. The van der Waals surface area contributed by atoms with Crippen LogP contribution in [-0.2, 0) is 6.18 Å². The topological polar surface area (TPSA) is 49.5 Å². The van der Waals surface area contributed by atoms with Crippen LogP contribution in [-0.4, -0.2) is 30.1 Å². The Morgan fingerprint density at radius 2 is 2.10 bits per heavy atom. The Hall–Kier alpha value is -0.980. The summed E-state index contributed by atoms with van der Waals surface area (Å²) in [6.45, 7) is 1.16. The van der Waals surface area contributed by atoms with Gasteiger partial charge in [0.15, 0.2) is 0 Å². The second kappa shape index (κ2) is 5.42. The van der Waals surface area contributed by atoms with E-state index in [1.807, 2.05) is 4.90 Å². The van der Waals surface area contributed by atoms with E-state index in [1.54, 1.807) is 7.05 Å². The number of benzene rings is 1. The van der Waals surface area contributed by atoms with E-state index in [4.69, 9.17) is 17.3 Å². The first-order valence-corrected chi connectivity index (χ1v) is 6.61. The fourth-order valence-electron chi connectivity index (χ4n) is 2.68. The highest BCUT2D eigenvalue weighted by atomic mass is 35.5. The van der Waals surface area contributed by atoms with Crippen LogP contribution in [0.4, 0.5) is 13.2 Å². The normalized spacial score (nSPS) is 24.3. The van der Waals surface area contributed by atoms with Crippen LogP contribution in [0.25, 0.3) is 0 Å². The van der Waals surface area contributed by atoms with Crippen LogP contribution in [0.2, 0.25) is 5.02 Å². The van der Waals surface area contributed by atoms with Crippen LogP contribution in [0.15, 0.2) is 12.1 Å². The van der Waals surface area contributed by atoms with Gasteiger partial charge in [0, 0.05) is 18.2 Å². The minimum Gasteiger partial charge on any atom is -0.506 e. The van der Waals surface area contributed by atoms with Gasteiger partial charge in [-0.3, -0.25) is 4.90 Å². The van der Waals surface area contributed by atoms with Crippen LogP contribution in [0.3, 0.4) is 0 Å². The molecule has 0 bridgehead atoms. The second-order valence-electron chi connectivity index (χ2n) is 5.19. The Morgan fingerprint density at radius 1 is 1.45 bits per heavy atom. The maximum Gasteiger partial charge on any atom is 0.416 e. The molecule has 0 aliphatic carbocycles. The largest absolute Gasteiger partial charge is 0.506 e. The van der Waals surface area contributed by atoms with E-state index in [0.717, 1.165) is 12.1 Å². The maximum absolute atomic E-state index is 12.8. The number of nitrogens with two attached hydrogens (primary N) is 1. The minimum absolute atomic E-state index is 0.206. The van der Waals surface area contributed by atoms with Crippen molar-refractivity contribution in [2.24, 2.45) is 11.7 Å². The van der Waals surface area contributed by atoms with Crippen LogP contribution in [0.1, 0.15) is 23.6 Å². The molecule has 0 spiro atoms. The monoisotopic (exact) mass is 308 g/mol. The molecule has 0 radical (unpaired) electrons. The highest BCUT2D eigenvalue weighted by Crippen LogP contribution is 2.44. The lowest BCUT2D eigenvalue weighted by Crippen LogP contribution is -2.21. The molecule has 2 rings (SSSR count). The molecule has 1 heterocycles. The van der Waals surface area contributed by atoms with Crippen molar-refractivity contribution in [2.75, 3.05) is 20.1 Å². The summed E-state index contributed by atoms with van der Waals surface area (Å²) in [5.74, 6) is -0.0769. The summed E-state index contributed by atoms with van der Waals surface area (Å²) < 4.78 is 38.5. The lowest BCUT2D eigenvalue weighted by atomic mass is 9.97. The van der Waals surface area contributed by atoms with E-state index in [-0.39, 0.29) is 28.3 Å². The molecule has 1 fully saturated rings. The summed E-state index contributed by atoms with van der Waals surface area (Å²) in [6.07, 6.45) is -3.88. The van der Waals surface area contributed by atoms with Gasteiger partial charge in [-0.15, -0.1) is 0 Å². The summed E-state index contributed by atoms with van der Waals surface area (Å²) in [4.78, 5) is 1.89. The predicted molar refractivity (Wildman–Crippen MR) is 70.7 cm³/mol. The molecule has 1 aliphatic heterocycles.